The zero-order valence-electron chi connectivity index (χ0n) is 26.7. The van der Waals surface area contributed by atoms with E-state index in [4.69, 9.17) is 0 Å². The van der Waals surface area contributed by atoms with Crippen molar-refractivity contribution in [1.82, 2.24) is 21.7 Å². The van der Waals surface area contributed by atoms with E-state index in [1.165, 1.54) is 12.1 Å². The molecule has 2 aromatic carbocycles. The van der Waals surface area contributed by atoms with Crippen molar-refractivity contribution in [3.05, 3.63) is 58.7 Å². The molecule has 4 amide bonds. The predicted octanol–water partition coefficient (Wildman–Crippen LogP) is 5.76. The number of phenols is 2. The first-order valence-corrected chi connectivity index (χ1v) is 16.0. The van der Waals surface area contributed by atoms with Gasteiger partial charge in [0, 0.05) is 0 Å². The van der Waals surface area contributed by atoms with Gasteiger partial charge in [0.25, 0.3) is 23.6 Å². The molecule has 0 bridgehead atoms. The molecule has 0 aliphatic carbocycles. The average Bonchev–Trinajstić information content (AvgIpc) is 3.02. The highest BCUT2D eigenvalue weighted by Gasteiger charge is 2.45. The predicted molar refractivity (Wildman–Crippen MR) is 171 cm³/mol. The maximum atomic E-state index is 13.7. The monoisotopic (exact) mass is 610 g/mol. The number of aromatic hydroxyl groups is 2. The van der Waals surface area contributed by atoms with Gasteiger partial charge in [-0.1, -0.05) is 84.8 Å². The lowest BCUT2D eigenvalue weighted by Gasteiger charge is -2.31. The summed E-state index contributed by atoms with van der Waals surface area (Å²) < 4.78 is 0. The van der Waals surface area contributed by atoms with Crippen molar-refractivity contribution in [3.63, 3.8) is 0 Å². The van der Waals surface area contributed by atoms with Crippen LogP contribution in [0.15, 0.2) is 36.4 Å². The molecule has 0 aliphatic rings. The van der Waals surface area contributed by atoms with Gasteiger partial charge in [0.15, 0.2) is 0 Å². The van der Waals surface area contributed by atoms with Crippen LogP contribution in [-0.4, -0.2) is 33.8 Å². The van der Waals surface area contributed by atoms with E-state index < -0.39 is 29.0 Å². The van der Waals surface area contributed by atoms with Gasteiger partial charge in [0.1, 0.15) is 16.9 Å². The van der Waals surface area contributed by atoms with E-state index in [1.54, 1.807) is 24.3 Å². The molecule has 0 radical (unpaired) electrons. The Kier molecular flexibility index (Phi) is 15.2. The van der Waals surface area contributed by atoms with Crippen molar-refractivity contribution in [2.45, 2.75) is 111 Å². The lowest BCUT2D eigenvalue weighted by Crippen LogP contribution is -2.58. The minimum atomic E-state index is -1.60. The summed E-state index contributed by atoms with van der Waals surface area (Å²) in [4.78, 5) is 53.5. The molecule has 0 aliphatic heterocycles. The van der Waals surface area contributed by atoms with Gasteiger partial charge >= 0.3 is 0 Å². The average molecular weight is 611 g/mol. The van der Waals surface area contributed by atoms with E-state index in [0.29, 0.717) is 19.3 Å². The Morgan fingerprint density at radius 1 is 0.568 bits per heavy atom. The molecular formula is C34H50N4O6. The van der Waals surface area contributed by atoms with E-state index in [1.807, 2.05) is 13.8 Å². The normalized spacial score (nSPS) is 11.1. The van der Waals surface area contributed by atoms with Crippen molar-refractivity contribution in [2.75, 3.05) is 0 Å². The number of rotatable bonds is 17. The third kappa shape index (κ3) is 10.3. The van der Waals surface area contributed by atoms with E-state index in [0.717, 1.165) is 62.5 Å². The van der Waals surface area contributed by atoms with Crippen LogP contribution in [0.5, 0.6) is 11.5 Å². The van der Waals surface area contributed by atoms with Gasteiger partial charge in [-0.05, 0) is 73.9 Å². The molecule has 0 heterocycles. The standard InChI is InChI=1S/C34H50N4O6/c1-5-9-13-21-34(20-12-8-4,32(43)37-35-30(41)26-22-24(14-10-6-2)16-18-28(26)39)33(44)38-36-31(42)27-23-25(15-11-7-3)17-19-29(27)40/h16-19,22-23,39-40H,5-15,20-21H2,1-4H3,(H,35,41)(H,36,42)(H,37,43)(H,38,44). The fraction of sp³-hybridized carbons (Fsp3) is 0.529. The minimum Gasteiger partial charge on any atom is -0.507 e. The van der Waals surface area contributed by atoms with Crippen molar-refractivity contribution in [2.24, 2.45) is 5.41 Å². The molecule has 2 rings (SSSR count). The van der Waals surface area contributed by atoms with Gasteiger partial charge in [-0.15, -0.1) is 0 Å². The first-order chi connectivity index (χ1) is 21.1. The number of hydrogen-bond acceptors (Lipinski definition) is 6. The van der Waals surface area contributed by atoms with Crippen molar-refractivity contribution >= 4 is 23.6 Å². The third-order valence-corrected chi connectivity index (χ3v) is 7.86. The lowest BCUT2D eigenvalue weighted by molar-refractivity contribution is -0.146. The SMILES string of the molecule is CCCCCC(CCCC)(C(=O)NNC(=O)c1cc(CCCC)ccc1O)C(=O)NNC(=O)c1cc(CCCC)ccc1O. The summed E-state index contributed by atoms with van der Waals surface area (Å²) in [5, 5.41) is 20.6. The number of aryl methyl sites for hydroxylation is 2. The van der Waals surface area contributed by atoms with E-state index >= 15 is 0 Å². The number of nitrogens with one attached hydrogen (secondary N) is 4. The van der Waals surface area contributed by atoms with Gasteiger partial charge in [-0.25, -0.2) is 0 Å². The number of hydrogen-bond donors (Lipinski definition) is 6. The zero-order chi connectivity index (χ0) is 32.5. The van der Waals surface area contributed by atoms with Gasteiger partial charge < -0.3 is 10.2 Å². The topological polar surface area (TPSA) is 157 Å². The van der Waals surface area contributed by atoms with Crippen LogP contribution >= 0.6 is 0 Å². The second kappa shape index (κ2) is 18.6. The second-order valence-corrected chi connectivity index (χ2v) is 11.4. The molecule has 242 valence electrons. The number of carbonyl (C=O) groups is 4. The van der Waals surface area contributed by atoms with Crippen molar-refractivity contribution < 1.29 is 29.4 Å². The Morgan fingerprint density at radius 2 is 0.977 bits per heavy atom. The third-order valence-electron chi connectivity index (χ3n) is 7.86. The van der Waals surface area contributed by atoms with Crippen LogP contribution in [0, 0.1) is 5.41 Å². The summed E-state index contributed by atoms with van der Waals surface area (Å²) in [5.74, 6) is -3.29. The maximum Gasteiger partial charge on any atom is 0.273 e. The highest BCUT2D eigenvalue weighted by atomic mass is 16.3. The molecule has 0 unspecified atom stereocenters. The fourth-order valence-corrected chi connectivity index (χ4v) is 5.04. The molecule has 2 aromatic rings. The highest BCUT2D eigenvalue weighted by molar-refractivity contribution is 6.07. The summed E-state index contributed by atoms with van der Waals surface area (Å²) >= 11 is 0. The van der Waals surface area contributed by atoms with Crippen molar-refractivity contribution in [3.8, 4) is 11.5 Å². The largest absolute Gasteiger partial charge is 0.507 e. The van der Waals surface area contributed by atoms with Crippen LogP contribution in [0.25, 0.3) is 0 Å². The number of phenolic OH excluding ortho intramolecular Hbond substituents is 2. The van der Waals surface area contributed by atoms with Crippen LogP contribution in [0.3, 0.4) is 0 Å². The number of benzene rings is 2. The van der Waals surface area contributed by atoms with Gasteiger partial charge in [-0.3, -0.25) is 40.9 Å². The Bertz CT molecular complexity index is 1180. The molecule has 6 N–H and O–H groups in total. The van der Waals surface area contributed by atoms with E-state index in [9.17, 15) is 29.4 Å². The number of hydrazine groups is 2. The molecular weight excluding hydrogens is 560 g/mol. The smallest absolute Gasteiger partial charge is 0.273 e. The molecule has 0 saturated carbocycles. The van der Waals surface area contributed by atoms with Crippen molar-refractivity contribution in [1.29, 1.82) is 0 Å². The summed E-state index contributed by atoms with van der Waals surface area (Å²) in [7, 11) is 0. The zero-order valence-corrected chi connectivity index (χ0v) is 26.7. The van der Waals surface area contributed by atoms with Crippen LogP contribution in [-0.2, 0) is 22.4 Å². The molecule has 0 aromatic heterocycles. The lowest BCUT2D eigenvalue weighted by atomic mass is 9.76. The molecule has 0 atom stereocenters. The molecule has 10 heteroatoms. The fourth-order valence-electron chi connectivity index (χ4n) is 5.04. The van der Waals surface area contributed by atoms with Gasteiger partial charge in [-0.2, -0.15) is 0 Å². The number of amides is 4. The number of unbranched alkanes of at least 4 members (excludes halogenated alkanes) is 5. The Morgan fingerprint density at radius 3 is 1.39 bits per heavy atom. The first-order valence-electron chi connectivity index (χ1n) is 16.0. The van der Waals surface area contributed by atoms with Gasteiger partial charge in [0.2, 0.25) is 0 Å². The first kappa shape index (κ1) is 36.1. The second-order valence-electron chi connectivity index (χ2n) is 11.4. The summed E-state index contributed by atoms with van der Waals surface area (Å²) in [5.41, 5.74) is 9.79. The molecule has 10 nitrogen and oxygen atoms in total. The Hall–Kier alpha value is -4.08. The Balaban J connectivity index is 2.26. The molecule has 0 spiro atoms. The minimum absolute atomic E-state index is 0.0155. The summed E-state index contributed by atoms with van der Waals surface area (Å²) in [6.45, 7) is 8.08. The van der Waals surface area contributed by atoms with Crippen LogP contribution < -0.4 is 21.7 Å². The molecule has 0 fully saturated rings. The summed E-state index contributed by atoms with van der Waals surface area (Å²) in [6.07, 6.45) is 9.16. The highest BCUT2D eigenvalue weighted by Crippen LogP contribution is 2.32. The molecule has 44 heavy (non-hydrogen) atoms. The summed E-state index contributed by atoms with van der Waals surface area (Å²) in [6, 6.07) is 9.59. The quantitative estimate of drug-likeness (QED) is 0.0759. The van der Waals surface area contributed by atoms with E-state index in [-0.39, 0.29) is 35.5 Å². The number of carbonyl (C=O) groups excluding carboxylic acids is 4. The van der Waals surface area contributed by atoms with E-state index in [2.05, 4.69) is 35.6 Å². The van der Waals surface area contributed by atoms with Crippen LogP contribution in [0.2, 0.25) is 0 Å². The van der Waals surface area contributed by atoms with Crippen LogP contribution in [0.1, 0.15) is 130 Å². The maximum absolute atomic E-state index is 13.7. The Labute approximate surface area is 261 Å². The molecule has 0 saturated heterocycles. The van der Waals surface area contributed by atoms with Crippen LogP contribution in [0.4, 0.5) is 0 Å². The van der Waals surface area contributed by atoms with Gasteiger partial charge in [0.05, 0.1) is 11.1 Å².